The van der Waals surface area contributed by atoms with Gasteiger partial charge in [0, 0.05) is 22.4 Å². The molecule has 0 radical (unpaired) electrons. The molecule has 0 saturated heterocycles. The molecule has 2 aromatic rings. The van der Waals surface area contributed by atoms with Gasteiger partial charge in [0.2, 0.25) is 0 Å². The Morgan fingerprint density at radius 2 is 2.30 bits per heavy atom. The number of aliphatic hydroxyl groups is 1. The van der Waals surface area contributed by atoms with E-state index in [-0.39, 0.29) is 24.0 Å². The van der Waals surface area contributed by atoms with Gasteiger partial charge in [-0.2, -0.15) is 0 Å². The van der Waals surface area contributed by atoms with Gasteiger partial charge < -0.3 is 19.6 Å². The van der Waals surface area contributed by atoms with Crippen LogP contribution in [-0.2, 0) is 0 Å². The lowest BCUT2D eigenvalue weighted by atomic mass is 9.86. The van der Waals surface area contributed by atoms with Crippen molar-refractivity contribution in [3.05, 3.63) is 29.5 Å². The van der Waals surface area contributed by atoms with E-state index < -0.39 is 0 Å². The Morgan fingerprint density at radius 1 is 1.52 bits per heavy atom. The smallest absolute Gasteiger partial charge is 0.287 e. The van der Waals surface area contributed by atoms with E-state index in [1.54, 1.807) is 7.11 Å². The molecule has 2 N–H and O–H groups in total. The fraction of sp³-hybridized carbons (Fsp3) is 0.500. The summed E-state index contributed by atoms with van der Waals surface area (Å²) in [5, 5.41) is 13.5. The van der Waals surface area contributed by atoms with Crippen molar-refractivity contribution in [1.29, 1.82) is 0 Å². The van der Waals surface area contributed by atoms with Crippen molar-refractivity contribution in [1.82, 2.24) is 5.32 Å². The molecule has 1 aliphatic rings. The lowest BCUT2D eigenvalue weighted by Crippen LogP contribution is -2.44. The molecule has 3 rings (SSSR count). The molecule has 2 atom stereocenters. The zero-order chi connectivity index (χ0) is 16.6. The number of benzene rings is 1. The first-order valence-corrected chi connectivity index (χ1v) is 7.97. The van der Waals surface area contributed by atoms with E-state index >= 15 is 0 Å². The number of hydrogen-bond acceptors (Lipinski definition) is 4. The average molecular weight is 317 g/mol. The molecule has 1 aromatic heterocycles. The van der Waals surface area contributed by atoms with Gasteiger partial charge in [-0.3, -0.25) is 4.79 Å². The number of rotatable bonds is 4. The molecule has 0 aliphatic heterocycles. The summed E-state index contributed by atoms with van der Waals surface area (Å²) in [5.74, 6) is 0.849. The lowest BCUT2D eigenvalue weighted by Gasteiger charge is -2.29. The highest BCUT2D eigenvalue weighted by Crippen LogP contribution is 2.38. The molecule has 1 amide bonds. The molecule has 0 spiro atoms. The normalized spacial score (nSPS) is 24.1. The summed E-state index contributed by atoms with van der Waals surface area (Å²) in [6.07, 6.45) is 2.82. The largest absolute Gasteiger partial charge is 0.497 e. The first kappa shape index (κ1) is 15.9. The fourth-order valence-electron chi connectivity index (χ4n) is 3.44. The lowest BCUT2D eigenvalue weighted by molar-refractivity contribution is 0.0807. The zero-order valence-electron chi connectivity index (χ0n) is 13.8. The van der Waals surface area contributed by atoms with Crippen LogP contribution in [0.3, 0.4) is 0 Å². The number of aliphatic hydroxyl groups excluding tert-OH is 1. The zero-order valence-corrected chi connectivity index (χ0v) is 13.8. The first-order chi connectivity index (χ1) is 11.0. The van der Waals surface area contributed by atoms with E-state index in [1.165, 1.54) is 0 Å². The van der Waals surface area contributed by atoms with E-state index in [0.29, 0.717) is 11.3 Å². The number of carbonyl (C=O) groups excluding carboxylic acids is 1. The second-order valence-electron chi connectivity index (χ2n) is 6.65. The minimum Gasteiger partial charge on any atom is -0.497 e. The monoisotopic (exact) mass is 317 g/mol. The molecule has 1 aliphatic carbocycles. The number of nitrogens with one attached hydrogen (secondary N) is 1. The Labute approximate surface area is 135 Å². The molecular formula is C18H23NO4. The van der Waals surface area contributed by atoms with E-state index in [9.17, 15) is 9.90 Å². The van der Waals surface area contributed by atoms with Crippen LogP contribution in [0.5, 0.6) is 5.75 Å². The topological polar surface area (TPSA) is 71.7 Å². The van der Waals surface area contributed by atoms with Crippen molar-refractivity contribution >= 4 is 16.9 Å². The third-order valence-corrected chi connectivity index (χ3v) is 5.10. The molecule has 23 heavy (non-hydrogen) atoms. The van der Waals surface area contributed by atoms with Gasteiger partial charge in [0.1, 0.15) is 11.3 Å². The van der Waals surface area contributed by atoms with Crippen LogP contribution in [0.1, 0.15) is 42.3 Å². The highest BCUT2D eigenvalue weighted by atomic mass is 16.5. The molecule has 5 nitrogen and oxygen atoms in total. The molecule has 1 aromatic carbocycles. The summed E-state index contributed by atoms with van der Waals surface area (Å²) in [7, 11) is 1.61. The van der Waals surface area contributed by atoms with Gasteiger partial charge in [-0.25, -0.2) is 0 Å². The van der Waals surface area contributed by atoms with Crippen LogP contribution in [0, 0.1) is 12.3 Å². The molecule has 1 saturated carbocycles. The summed E-state index contributed by atoms with van der Waals surface area (Å²) >= 11 is 0. The van der Waals surface area contributed by atoms with Crippen LogP contribution in [0.15, 0.2) is 22.6 Å². The molecule has 0 bridgehead atoms. The molecule has 1 fully saturated rings. The first-order valence-electron chi connectivity index (χ1n) is 7.97. The fourth-order valence-corrected chi connectivity index (χ4v) is 3.44. The summed E-state index contributed by atoms with van der Waals surface area (Å²) in [6, 6.07) is 5.47. The predicted molar refractivity (Wildman–Crippen MR) is 87.8 cm³/mol. The van der Waals surface area contributed by atoms with Crippen molar-refractivity contribution in [2.24, 2.45) is 5.41 Å². The quantitative estimate of drug-likeness (QED) is 0.909. The molecule has 124 valence electrons. The van der Waals surface area contributed by atoms with Crippen molar-refractivity contribution in [2.45, 2.75) is 39.2 Å². The van der Waals surface area contributed by atoms with Gasteiger partial charge in [0.05, 0.1) is 13.7 Å². The molecule has 5 heteroatoms. The number of carbonyl (C=O) groups is 1. The van der Waals surface area contributed by atoms with Gasteiger partial charge in [-0.1, -0.05) is 13.3 Å². The number of aryl methyl sites for hydroxylation is 1. The van der Waals surface area contributed by atoms with E-state index in [1.807, 2.05) is 32.0 Å². The summed E-state index contributed by atoms with van der Waals surface area (Å²) in [4.78, 5) is 12.6. The maximum Gasteiger partial charge on any atom is 0.287 e. The highest BCUT2D eigenvalue weighted by molar-refractivity contribution is 5.99. The van der Waals surface area contributed by atoms with E-state index in [2.05, 4.69) is 5.32 Å². The highest BCUT2D eigenvalue weighted by Gasteiger charge is 2.39. The number of furan rings is 1. The number of methoxy groups -OCH3 is 1. The molecular weight excluding hydrogens is 294 g/mol. The predicted octanol–water partition coefficient (Wildman–Crippen LogP) is 3.03. The van der Waals surface area contributed by atoms with Gasteiger partial charge in [-0.05, 0) is 38.0 Å². The van der Waals surface area contributed by atoms with Crippen LogP contribution >= 0.6 is 0 Å². The maximum atomic E-state index is 12.6. The standard InChI is InChI=1S/C18H23NO4/c1-11-13-9-12(22-3)6-7-14(13)23-16(11)17(21)19-15-5-4-8-18(15,2)10-20/h6-7,9,15,20H,4-5,8,10H2,1-3H3,(H,19,21). The van der Waals surface area contributed by atoms with Crippen LogP contribution in [0.4, 0.5) is 0 Å². The second kappa shape index (κ2) is 5.89. The van der Waals surface area contributed by atoms with Gasteiger partial charge in [-0.15, -0.1) is 0 Å². The molecule has 1 heterocycles. The minimum atomic E-state index is -0.251. The Morgan fingerprint density at radius 3 is 3.00 bits per heavy atom. The van der Waals surface area contributed by atoms with Crippen LogP contribution in [0.2, 0.25) is 0 Å². The van der Waals surface area contributed by atoms with Gasteiger partial charge >= 0.3 is 0 Å². The summed E-state index contributed by atoms with van der Waals surface area (Å²) in [6.45, 7) is 3.97. The third kappa shape index (κ3) is 2.70. The second-order valence-corrected chi connectivity index (χ2v) is 6.65. The Kier molecular flexibility index (Phi) is 4.06. The van der Waals surface area contributed by atoms with E-state index in [0.717, 1.165) is 36.0 Å². The Balaban J connectivity index is 1.88. The number of fused-ring (bicyclic) bond motifs is 1. The van der Waals surface area contributed by atoms with Crippen molar-refractivity contribution in [3.63, 3.8) is 0 Å². The Bertz CT molecular complexity index is 736. The van der Waals surface area contributed by atoms with E-state index in [4.69, 9.17) is 9.15 Å². The third-order valence-electron chi connectivity index (χ3n) is 5.10. The number of ether oxygens (including phenoxy) is 1. The van der Waals surface area contributed by atoms with Crippen LogP contribution in [-0.4, -0.2) is 30.8 Å². The maximum absolute atomic E-state index is 12.6. The van der Waals surface area contributed by atoms with Crippen molar-refractivity contribution < 1.29 is 19.1 Å². The number of hydrogen-bond donors (Lipinski definition) is 2. The Hall–Kier alpha value is -2.01. The van der Waals surface area contributed by atoms with Crippen molar-refractivity contribution in [2.75, 3.05) is 13.7 Å². The summed E-state index contributed by atoms with van der Waals surface area (Å²) in [5.41, 5.74) is 1.23. The van der Waals surface area contributed by atoms with Crippen molar-refractivity contribution in [3.8, 4) is 5.75 Å². The van der Waals surface area contributed by atoms with Crippen LogP contribution in [0.25, 0.3) is 11.0 Å². The SMILES string of the molecule is COc1ccc2oc(C(=O)NC3CCCC3(C)CO)c(C)c2c1. The van der Waals surface area contributed by atoms with Gasteiger partial charge in [0.15, 0.2) is 5.76 Å². The average Bonchev–Trinajstić information content (AvgIpc) is 3.08. The van der Waals surface area contributed by atoms with Gasteiger partial charge in [0.25, 0.3) is 5.91 Å². The minimum absolute atomic E-state index is 0.0258. The summed E-state index contributed by atoms with van der Waals surface area (Å²) < 4.78 is 11.0. The number of amides is 1. The van der Waals surface area contributed by atoms with Crippen LogP contribution < -0.4 is 10.1 Å². The molecule has 2 unspecified atom stereocenters.